The first kappa shape index (κ1) is 24.5. The number of rotatable bonds is 11. The standard InChI is InChI=1S/C30H29N3O3/c34-29(19-14-23-8-3-1-4-9-23)32-26-17-15-25(16-18-26)31-21-30(35)33-27-12-7-13-28(20-27)36-22-24-10-5-2-6-11-24/h1-13,15-18,20,31H,14,19,21-22H2,(H,32,34)(H,33,35). The Labute approximate surface area is 211 Å². The fourth-order valence-electron chi connectivity index (χ4n) is 3.59. The first-order valence-corrected chi connectivity index (χ1v) is 11.9. The molecule has 0 aliphatic carbocycles. The van der Waals surface area contributed by atoms with Crippen molar-refractivity contribution in [1.29, 1.82) is 0 Å². The molecule has 0 radical (unpaired) electrons. The second-order valence-electron chi connectivity index (χ2n) is 8.31. The van der Waals surface area contributed by atoms with Crippen LogP contribution in [0.1, 0.15) is 17.5 Å². The molecule has 6 heteroatoms. The van der Waals surface area contributed by atoms with Gasteiger partial charge in [0, 0.05) is 29.5 Å². The van der Waals surface area contributed by atoms with Gasteiger partial charge in [0.2, 0.25) is 11.8 Å². The summed E-state index contributed by atoms with van der Waals surface area (Å²) < 4.78 is 5.82. The third-order valence-electron chi connectivity index (χ3n) is 5.47. The number of carbonyl (C=O) groups excluding carboxylic acids is 2. The molecule has 0 fully saturated rings. The van der Waals surface area contributed by atoms with Gasteiger partial charge in [-0.15, -0.1) is 0 Å². The molecule has 182 valence electrons. The van der Waals surface area contributed by atoms with Gasteiger partial charge in [0.15, 0.2) is 0 Å². The zero-order valence-corrected chi connectivity index (χ0v) is 19.9. The van der Waals surface area contributed by atoms with Crippen LogP contribution >= 0.6 is 0 Å². The lowest BCUT2D eigenvalue weighted by atomic mass is 10.1. The molecule has 4 aromatic carbocycles. The summed E-state index contributed by atoms with van der Waals surface area (Å²) in [6.07, 6.45) is 1.12. The summed E-state index contributed by atoms with van der Waals surface area (Å²) in [4.78, 5) is 24.6. The van der Waals surface area contributed by atoms with Gasteiger partial charge in [-0.3, -0.25) is 9.59 Å². The number of ether oxygens (including phenoxy) is 1. The highest BCUT2D eigenvalue weighted by Gasteiger charge is 2.06. The minimum atomic E-state index is -0.173. The van der Waals surface area contributed by atoms with Crippen molar-refractivity contribution in [3.63, 3.8) is 0 Å². The van der Waals surface area contributed by atoms with E-state index in [1.807, 2.05) is 103 Å². The van der Waals surface area contributed by atoms with E-state index in [1.54, 1.807) is 6.07 Å². The quantitative estimate of drug-likeness (QED) is 0.251. The minimum absolute atomic E-state index is 0.0334. The third-order valence-corrected chi connectivity index (χ3v) is 5.47. The Morgan fingerprint density at radius 1 is 0.611 bits per heavy atom. The maximum absolute atomic E-state index is 12.4. The van der Waals surface area contributed by atoms with Gasteiger partial charge in [-0.1, -0.05) is 66.7 Å². The Hall–Kier alpha value is -4.58. The Kier molecular flexibility index (Phi) is 8.70. The van der Waals surface area contributed by atoms with Gasteiger partial charge in [-0.05, 0) is 53.9 Å². The molecule has 0 spiro atoms. The second kappa shape index (κ2) is 12.8. The van der Waals surface area contributed by atoms with E-state index in [0.717, 1.165) is 22.5 Å². The first-order chi connectivity index (χ1) is 17.6. The number of amides is 2. The number of nitrogens with one attached hydrogen (secondary N) is 3. The van der Waals surface area contributed by atoms with Crippen LogP contribution in [0.4, 0.5) is 17.1 Å². The molecular formula is C30H29N3O3. The number of hydrogen-bond donors (Lipinski definition) is 3. The molecule has 0 unspecified atom stereocenters. The summed E-state index contributed by atoms with van der Waals surface area (Å²) in [5.41, 5.74) is 4.38. The number of aryl methyl sites for hydroxylation is 1. The van der Waals surface area contributed by atoms with E-state index in [-0.39, 0.29) is 18.4 Å². The summed E-state index contributed by atoms with van der Waals surface area (Å²) in [6.45, 7) is 0.571. The Morgan fingerprint density at radius 2 is 1.25 bits per heavy atom. The molecule has 0 aromatic heterocycles. The highest BCUT2D eigenvalue weighted by molar-refractivity contribution is 5.94. The topological polar surface area (TPSA) is 79.5 Å². The van der Waals surface area contributed by atoms with Crippen LogP contribution in [0.2, 0.25) is 0 Å². The molecule has 0 aliphatic heterocycles. The lowest BCUT2D eigenvalue weighted by Gasteiger charge is -2.11. The van der Waals surface area contributed by atoms with Crippen LogP contribution in [0.25, 0.3) is 0 Å². The van der Waals surface area contributed by atoms with Crippen molar-refractivity contribution >= 4 is 28.9 Å². The molecule has 0 bridgehead atoms. The molecule has 3 N–H and O–H groups in total. The molecular weight excluding hydrogens is 450 g/mol. The van der Waals surface area contributed by atoms with Crippen LogP contribution in [-0.2, 0) is 22.6 Å². The van der Waals surface area contributed by atoms with E-state index < -0.39 is 0 Å². The highest BCUT2D eigenvalue weighted by Crippen LogP contribution is 2.19. The van der Waals surface area contributed by atoms with Gasteiger partial charge in [0.25, 0.3) is 0 Å². The van der Waals surface area contributed by atoms with Gasteiger partial charge in [0.1, 0.15) is 12.4 Å². The van der Waals surface area contributed by atoms with Crippen molar-refractivity contribution < 1.29 is 14.3 Å². The maximum Gasteiger partial charge on any atom is 0.243 e. The van der Waals surface area contributed by atoms with Crippen molar-refractivity contribution in [2.24, 2.45) is 0 Å². The van der Waals surface area contributed by atoms with Gasteiger partial charge in [0.05, 0.1) is 6.54 Å². The monoisotopic (exact) mass is 479 g/mol. The van der Waals surface area contributed by atoms with Crippen molar-refractivity contribution in [1.82, 2.24) is 0 Å². The van der Waals surface area contributed by atoms with Crippen LogP contribution in [0, 0.1) is 0 Å². The van der Waals surface area contributed by atoms with Gasteiger partial charge in [-0.2, -0.15) is 0 Å². The summed E-state index contributed by atoms with van der Waals surface area (Å²) in [6, 6.07) is 34.5. The molecule has 6 nitrogen and oxygen atoms in total. The fourth-order valence-corrected chi connectivity index (χ4v) is 3.59. The van der Waals surface area contributed by atoms with Crippen LogP contribution in [-0.4, -0.2) is 18.4 Å². The van der Waals surface area contributed by atoms with E-state index in [1.165, 1.54) is 0 Å². The van der Waals surface area contributed by atoms with Gasteiger partial charge >= 0.3 is 0 Å². The predicted molar refractivity (Wildman–Crippen MR) is 144 cm³/mol. The summed E-state index contributed by atoms with van der Waals surface area (Å²) in [5.74, 6) is 0.480. The van der Waals surface area contributed by atoms with Gasteiger partial charge < -0.3 is 20.7 Å². The fraction of sp³-hybridized carbons (Fsp3) is 0.133. The molecule has 36 heavy (non-hydrogen) atoms. The molecule has 0 heterocycles. The maximum atomic E-state index is 12.4. The zero-order chi connectivity index (χ0) is 25.0. The van der Waals surface area contributed by atoms with Crippen molar-refractivity contribution in [2.75, 3.05) is 22.5 Å². The summed E-state index contributed by atoms with van der Waals surface area (Å²) in [5, 5.41) is 8.88. The normalized spacial score (nSPS) is 10.3. The largest absolute Gasteiger partial charge is 0.489 e. The molecule has 4 rings (SSSR count). The number of carbonyl (C=O) groups is 2. The predicted octanol–water partition coefficient (Wildman–Crippen LogP) is 5.89. The van der Waals surface area contributed by atoms with Crippen molar-refractivity contribution in [3.8, 4) is 5.75 Å². The van der Waals surface area contributed by atoms with E-state index in [0.29, 0.717) is 30.9 Å². The van der Waals surface area contributed by atoms with Crippen LogP contribution < -0.4 is 20.7 Å². The molecule has 2 amide bonds. The zero-order valence-electron chi connectivity index (χ0n) is 19.9. The molecule has 4 aromatic rings. The number of benzene rings is 4. The van der Waals surface area contributed by atoms with E-state index >= 15 is 0 Å². The minimum Gasteiger partial charge on any atom is -0.489 e. The Balaban J connectivity index is 1.19. The molecule has 0 saturated heterocycles. The van der Waals surface area contributed by atoms with Crippen LogP contribution in [0.3, 0.4) is 0 Å². The average molecular weight is 480 g/mol. The van der Waals surface area contributed by atoms with E-state index in [4.69, 9.17) is 4.74 Å². The van der Waals surface area contributed by atoms with E-state index in [2.05, 4.69) is 16.0 Å². The third kappa shape index (κ3) is 8.02. The van der Waals surface area contributed by atoms with E-state index in [9.17, 15) is 9.59 Å². The SMILES string of the molecule is O=C(CCc1ccccc1)Nc1ccc(NCC(=O)Nc2cccc(OCc3ccccc3)c2)cc1. The summed E-state index contributed by atoms with van der Waals surface area (Å²) >= 11 is 0. The lowest BCUT2D eigenvalue weighted by Crippen LogP contribution is -2.21. The number of hydrogen-bond acceptors (Lipinski definition) is 4. The first-order valence-electron chi connectivity index (χ1n) is 11.9. The van der Waals surface area contributed by atoms with Gasteiger partial charge in [-0.25, -0.2) is 0 Å². The summed E-state index contributed by atoms with van der Waals surface area (Å²) in [7, 11) is 0. The van der Waals surface area contributed by atoms with Crippen molar-refractivity contribution in [2.45, 2.75) is 19.4 Å². The van der Waals surface area contributed by atoms with Crippen LogP contribution in [0.15, 0.2) is 109 Å². The van der Waals surface area contributed by atoms with Crippen LogP contribution in [0.5, 0.6) is 5.75 Å². The Morgan fingerprint density at radius 3 is 1.97 bits per heavy atom. The Bertz CT molecular complexity index is 1260. The molecule has 0 aliphatic rings. The number of anilines is 3. The smallest absolute Gasteiger partial charge is 0.243 e. The molecule has 0 saturated carbocycles. The average Bonchev–Trinajstić information content (AvgIpc) is 2.92. The molecule has 0 atom stereocenters. The van der Waals surface area contributed by atoms with Crippen molar-refractivity contribution in [3.05, 3.63) is 120 Å². The lowest BCUT2D eigenvalue weighted by molar-refractivity contribution is -0.116. The highest BCUT2D eigenvalue weighted by atomic mass is 16.5. The second-order valence-corrected chi connectivity index (χ2v) is 8.31.